The van der Waals surface area contributed by atoms with Gasteiger partial charge < -0.3 is 19.4 Å². The molecule has 4 aromatic rings. The van der Waals surface area contributed by atoms with Gasteiger partial charge in [0.1, 0.15) is 12.0 Å². The Morgan fingerprint density at radius 3 is 2.93 bits per heavy atom. The molecule has 0 spiro atoms. The maximum atomic E-state index is 11.6. The number of nitrogens with zero attached hydrogens (tertiary/aromatic N) is 7. The zero-order valence-electron chi connectivity index (χ0n) is 14.6. The van der Waals surface area contributed by atoms with Gasteiger partial charge in [0.05, 0.1) is 12.8 Å². The highest BCUT2D eigenvalue weighted by molar-refractivity contribution is 7.99. The second-order valence-electron chi connectivity index (χ2n) is 6.30. The van der Waals surface area contributed by atoms with Crippen molar-refractivity contribution >= 4 is 39.8 Å². The number of hydrogen-bond donors (Lipinski definition) is 0. The van der Waals surface area contributed by atoms with Crippen LogP contribution in [0, 0.1) is 10.1 Å². The van der Waals surface area contributed by atoms with Crippen LogP contribution < -0.4 is 4.90 Å². The van der Waals surface area contributed by atoms with Crippen LogP contribution in [0.1, 0.15) is 18.6 Å². The predicted octanol–water partition coefficient (Wildman–Crippen LogP) is 3.29. The lowest BCUT2D eigenvalue weighted by Crippen LogP contribution is -2.22. The van der Waals surface area contributed by atoms with Gasteiger partial charge in [-0.3, -0.25) is 4.57 Å². The maximum absolute atomic E-state index is 11.6. The average molecular weight is 417 g/mol. The lowest BCUT2D eigenvalue weighted by Gasteiger charge is -2.17. The molecular formula is C16H15N7O3S2. The number of imidazole rings is 1. The molecular weight excluding hydrogens is 402 g/mol. The highest BCUT2D eigenvalue weighted by atomic mass is 32.2. The van der Waals surface area contributed by atoms with Crippen LogP contribution in [-0.2, 0) is 6.54 Å². The lowest BCUT2D eigenvalue weighted by molar-refractivity contribution is -0.393. The van der Waals surface area contributed by atoms with Gasteiger partial charge >= 0.3 is 5.82 Å². The Morgan fingerprint density at radius 1 is 1.32 bits per heavy atom. The van der Waals surface area contributed by atoms with Gasteiger partial charge in [-0.15, -0.1) is 10.2 Å². The molecule has 1 saturated heterocycles. The van der Waals surface area contributed by atoms with Crippen molar-refractivity contribution in [2.75, 3.05) is 18.0 Å². The monoisotopic (exact) mass is 417 g/mol. The first-order valence-electron chi connectivity index (χ1n) is 8.69. The minimum atomic E-state index is -0.413. The number of furan rings is 1. The lowest BCUT2D eigenvalue weighted by atomic mass is 10.4. The Labute approximate surface area is 166 Å². The third-order valence-corrected chi connectivity index (χ3v) is 6.26. The van der Waals surface area contributed by atoms with Crippen molar-refractivity contribution in [2.24, 2.45) is 0 Å². The van der Waals surface area contributed by atoms with Gasteiger partial charge in [-0.25, -0.2) is 0 Å². The third kappa shape index (κ3) is 2.94. The van der Waals surface area contributed by atoms with E-state index in [1.165, 1.54) is 15.7 Å². The summed E-state index contributed by atoms with van der Waals surface area (Å²) in [6.45, 7) is 2.28. The highest BCUT2D eigenvalue weighted by Crippen LogP contribution is 2.37. The van der Waals surface area contributed by atoms with Gasteiger partial charge in [-0.05, 0) is 41.7 Å². The van der Waals surface area contributed by atoms with Gasteiger partial charge in [-0.1, -0.05) is 11.3 Å². The van der Waals surface area contributed by atoms with Crippen molar-refractivity contribution in [3.05, 3.63) is 45.8 Å². The fourth-order valence-corrected chi connectivity index (χ4v) is 4.95. The fraction of sp³-hybridized carbons (Fsp3) is 0.312. The zero-order valence-corrected chi connectivity index (χ0v) is 16.2. The molecule has 0 unspecified atom stereocenters. The second-order valence-corrected chi connectivity index (χ2v) is 8.13. The molecule has 0 saturated carbocycles. The molecule has 1 aliphatic heterocycles. The molecule has 0 N–H and O–H groups in total. The Hall–Kier alpha value is -2.86. The van der Waals surface area contributed by atoms with Crippen LogP contribution in [0.5, 0.6) is 0 Å². The van der Waals surface area contributed by atoms with Crippen molar-refractivity contribution in [1.29, 1.82) is 0 Å². The maximum Gasteiger partial charge on any atom is 0.363 e. The van der Waals surface area contributed by atoms with Gasteiger partial charge in [-0.2, -0.15) is 9.38 Å². The first-order valence-corrected chi connectivity index (χ1v) is 10.4. The van der Waals surface area contributed by atoms with Gasteiger partial charge in [0.15, 0.2) is 5.16 Å². The Balaban J connectivity index is 1.55. The van der Waals surface area contributed by atoms with E-state index in [1.807, 2.05) is 16.7 Å². The van der Waals surface area contributed by atoms with Crippen LogP contribution in [0.25, 0.3) is 4.96 Å². The molecule has 5 heterocycles. The van der Waals surface area contributed by atoms with E-state index < -0.39 is 4.92 Å². The van der Waals surface area contributed by atoms with Crippen molar-refractivity contribution in [2.45, 2.75) is 29.6 Å². The van der Waals surface area contributed by atoms with E-state index in [-0.39, 0.29) is 5.82 Å². The summed E-state index contributed by atoms with van der Waals surface area (Å²) < 4.78 is 8.92. The summed E-state index contributed by atoms with van der Waals surface area (Å²) in [6.07, 6.45) is 5.49. The highest BCUT2D eigenvalue weighted by Gasteiger charge is 2.28. The van der Waals surface area contributed by atoms with Gasteiger partial charge in [0.2, 0.25) is 11.0 Å². The molecule has 144 valence electrons. The van der Waals surface area contributed by atoms with Crippen LogP contribution in [0.4, 0.5) is 11.8 Å². The van der Waals surface area contributed by atoms with Crippen molar-refractivity contribution in [1.82, 2.24) is 24.1 Å². The summed E-state index contributed by atoms with van der Waals surface area (Å²) in [5, 5.41) is 22.9. The first kappa shape index (κ1) is 17.3. The topological polar surface area (TPSA) is 108 Å². The van der Waals surface area contributed by atoms with Crippen LogP contribution in [0.3, 0.4) is 0 Å². The molecule has 1 fully saturated rings. The minimum Gasteiger partial charge on any atom is -0.467 e. The van der Waals surface area contributed by atoms with E-state index in [0.717, 1.165) is 49.4 Å². The van der Waals surface area contributed by atoms with Gasteiger partial charge in [0.25, 0.3) is 4.96 Å². The standard InChI is InChI=1S/C16H15N7O3S2/c24-23(25)13-12(17-15-21(13)7-9-27-15)28-16-19-18-14(20-5-1-2-6-20)22(16)10-11-4-3-8-26-11/h3-4,7-9H,1-2,5-6,10H2. The van der Waals surface area contributed by atoms with Crippen LogP contribution in [0.2, 0.25) is 0 Å². The second kappa shape index (κ2) is 6.95. The fourth-order valence-electron chi connectivity index (χ4n) is 3.28. The molecule has 4 aromatic heterocycles. The summed E-state index contributed by atoms with van der Waals surface area (Å²) >= 11 is 2.51. The molecule has 10 nitrogen and oxygen atoms in total. The number of thiazole rings is 1. The number of hydrogen-bond acceptors (Lipinski definition) is 9. The summed E-state index contributed by atoms with van der Waals surface area (Å²) in [7, 11) is 0. The quantitative estimate of drug-likeness (QED) is 0.347. The number of nitro groups is 1. The molecule has 28 heavy (non-hydrogen) atoms. The number of anilines is 1. The Kier molecular flexibility index (Phi) is 4.28. The van der Waals surface area contributed by atoms with Crippen molar-refractivity contribution in [3.8, 4) is 0 Å². The zero-order chi connectivity index (χ0) is 19.1. The SMILES string of the molecule is O=[N+]([O-])c1c(Sc2nnc(N3CCCC3)n2Cc2ccco2)nc2sccn12. The summed E-state index contributed by atoms with van der Waals surface area (Å²) in [5.74, 6) is 1.46. The van der Waals surface area contributed by atoms with Crippen LogP contribution in [-0.4, -0.2) is 42.2 Å². The van der Waals surface area contributed by atoms with E-state index in [2.05, 4.69) is 20.1 Å². The predicted molar refractivity (Wildman–Crippen MR) is 103 cm³/mol. The van der Waals surface area contributed by atoms with E-state index in [9.17, 15) is 10.1 Å². The number of rotatable bonds is 6. The number of aromatic nitrogens is 5. The average Bonchev–Trinajstić information content (AvgIpc) is 3.46. The largest absolute Gasteiger partial charge is 0.467 e. The Morgan fingerprint density at radius 2 is 2.18 bits per heavy atom. The van der Waals surface area contributed by atoms with Crippen LogP contribution >= 0.6 is 23.1 Å². The number of fused-ring (bicyclic) bond motifs is 1. The molecule has 0 aliphatic carbocycles. The molecule has 0 amide bonds. The van der Waals surface area contributed by atoms with Crippen molar-refractivity contribution in [3.63, 3.8) is 0 Å². The van der Waals surface area contributed by atoms with E-state index >= 15 is 0 Å². The van der Waals surface area contributed by atoms with E-state index in [0.29, 0.717) is 21.7 Å². The van der Waals surface area contributed by atoms with E-state index in [4.69, 9.17) is 4.42 Å². The molecule has 12 heteroatoms. The minimum absolute atomic E-state index is 0.0588. The van der Waals surface area contributed by atoms with E-state index in [1.54, 1.807) is 17.8 Å². The Bertz CT molecular complexity index is 1120. The molecule has 0 atom stereocenters. The molecule has 0 radical (unpaired) electrons. The van der Waals surface area contributed by atoms with Crippen LogP contribution in [0.15, 0.2) is 44.6 Å². The molecule has 0 aromatic carbocycles. The van der Waals surface area contributed by atoms with Gasteiger partial charge in [0, 0.05) is 18.5 Å². The molecule has 0 bridgehead atoms. The van der Waals surface area contributed by atoms with Crippen molar-refractivity contribution < 1.29 is 9.34 Å². The normalized spacial score (nSPS) is 14.4. The smallest absolute Gasteiger partial charge is 0.363 e. The third-order valence-electron chi connectivity index (χ3n) is 4.55. The summed E-state index contributed by atoms with van der Waals surface area (Å²) in [6, 6.07) is 3.72. The summed E-state index contributed by atoms with van der Waals surface area (Å²) in [5.41, 5.74) is 0. The molecule has 5 rings (SSSR count). The first-order chi connectivity index (χ1) is 13.7. The summed E-state index contributed by atoms with van der Waals surface area (Å²) in [4.78, 5) is 18.4. The molecule has 1 aliphatic rings.